The standard InChI is InChI=1S/C49H47FN8O7/c1-2-27-6-3-8-29-20-33(59)21-35(39(27)29)42-41(50)43-36(22-51-42)44(56-23-30-10-11-31(24-56)52-30)55-48(54-43)65-26-49-16-5-18-57(49)32(14-17-49)25-64-19-15-28-7-4-9-34-40(28)47(63)58(46(34)62)37-12-13-38(60)53-45(37)61/h1,3-4,6-9,20-22,30-32,37,52,59H,5,10-19,23-26H2,(H,53,60,61)/t30-,31+,32?,37?,49-/m0/s1. The van der Waals surface area contributed by atoms with E-state index in [0.29, 0.717) is 90.1 Å². The van der Waals surface area contributed by atoms with E-state index in [2.05, 4.69) is 31.3 Å². The van der Waals surface area contributed by atoms with Gasteiger partial charge in [-0.2, -0.15) is 9.97 Å². The Kier molecular flexibility index (Phi) is 10.2. The second-order valence-corrected chi connectivity index (χ2v) is 18.2. The molecule has 5 saturated heterocycles. The predicted octanol–water partition coefficient (Wildman–Crippen LogP) is 4.65. The van der Waals surface area contributed by atoms with E-state index < -0.39 is 35.5 Å². The Bertz CT molecular complexity index is 2870. The summed E-state index contributed by atoms with van der Waals surface area (Å²) in [6.07, 6.45) is 13.8. The number of hydrogen-bond acceptors (Lipinski definition) is 13. The number of fused-ring (bicyclic) bond motifs is 6. The number of pyridine rings is 1. The Hall–Kier alpha value is -6.54. The quantitative estimate of drug-likeness (QED) is 0.0950. The number of amides is 4. The number of halogens is 1. The molecule has 4 amide bonds. The lowest BCUT2D eigenvalue weighted by atomic mass is 9.95. The van der Waals surface area contributed by atoms with Crippen LogP contribution in [-0.4, -0.2) is 123 Å². The number of nitrogens with one attached hydrogen (secondary N) is 2. The maximum absolute atomic E-state index is 17.2. The van der Waals surface area contributed by atoms with E-state index in [1.807, 2.05) is 6.07 Å². The van der Waals surface area contributed by atoms with Crippen molar-refractivity contribution in [2.75, 3.05) is 44.4 Å². The average Bonchev–Trinajstić information content (AvgIpc) is 4.04. The van der Waals surface area contributed by atoms with E-state index in [4.69, 9.17) is 25.9 Å². The lowest BCUT2D eigenvalue weighted by Gasteiger charge is -2.35. The minimum absolute atomic E-state index is 0.0159. The van der Waals surface area contributed by atoms with Crippen molar-refractivity contribution in [3.8, 4) is 35.4 Å². The molecule has 5 aromatic rings. The van der Waals surface area contributed by atoms with Crippen molar-refractivity contribution in [1.29, 1.82) is 0 Å². The summed E-state index contributed by atoms with van der Waals surface area (Å²) in [5, 5.41) is 18.4. The molecule has 0 aliphatic carbocycles. The molecule has 0 saturated carbocycles. The molecule has 15 nitrogen and oxygen atoms in total. The molecule has 65 heavy (non-hydrogen) atoms. The normalized spacial score (nSPS) is 25.1. The highest BCUT2D eigenvalue weighted by molar-refractivity contribution is 6.24. The first-order valence-electron chi connectivity index (χ1n) is 22.5. The van der Waals surface area contributed by atoms with Crippen molar-refractivity contribution in [2.24, 2.45) is 0 Å². The number of anilines is 1. The van der Waals surface area contributed by atoms with Gasteiger partial charge in [-0.1, -0.05) is 30.2 Å². The number of hydrogen-bond donors (Lipinski definition) is 3. The Morgan fingerprint density at radius 3 is 2.62 bits per heavy atom. The van der Waals surface area contributed by atoms with Crippen LogP contribution >= 0.6 is 0 Å². The number of carbonyl (C=O) groups excluding carboxylic acids is 4. The SMILES string of the molecule is C#Cc1cccc2cc(O)cc(-c3ncc4c(N5C[C@H]6CC[C@@H](C5)N6)nc(OC[C@@]56CCCN5C(COCCc5cccc7c5C(=O)N(C5CCC(=O)NC5=O)C7=O)CC6)nc4c3F)c12. The number of aromatic nitrogens is 3. The van der Waals surface area contributed by atoms with Gasteiger partial charge in [0.2, 0.25) is 11.8 Å². The van der Waals surface area contributed by atoms with Crippen molar-refractivity contribution < 1.29 is 38.1 Å². The molecule has 11 rings (SSSR count). The maximum atomic E-state index is 17.2. The van der Waals surface area contributed by atoms with Gasteiger partial charge in [0.15, 0.2) is 5.82 Å². The van der Waals surface area contributed by atoms with Gasteiger partial charge < -0.3 is 24.8 Å². The number of aromatic hydroxyl groups is 1. The zero-order valence-corrected chi connectivity index (χ0v) is 35.6. The van der Waals surface area contributed by atoms with Crippen LogP contribution in [0.2, 0.25) is 0 Å². The van der Waals surface area contributed by atoms with Crippen molar-refractivity contribution in [2.45, 2.75) is 87.5 Å². The molecule has 16 heteroatoms. The summed E-state index contributed by atoms with van der Waals surface area (Å²) in [6, 6.07) is 13.4. The third kappa shape index (κ3) is 7.04. The first-order chi connectivity index (χ1) is 31.6. The summed E-state index contributed by atoms with van der Waals surface area (Å²) in [5.41, 5.74) is 1.92. The lowest BCUT2D eigenvalue weighted by Crippen LogP contribution is -2.54. The average molecular weight is 879 g/mol. The molecule has 0 radical (unpaired) electrons. The van der Waals surface area contributed by atoms with Crippen molar-refractivity contribution in [1.82, 2.24) is 35.4 Å². The number of benzene rings is 3. The summed E-state index contributed by atoms with van der Waals surface area (Å²) in [7, 11) is 0. The number of ether oxygens (including phenoxy) is 2. The van der Waals surface area contributed by atoms with Gasteiger partial charge in [0.25, 0.3) is 11.8 Å². The Morgan fingerprint density at radius 2 is 1.80 bits per heavy atom. The molecule has 0 spiro atoms. The van der Waals surface area contributed by atoms with Crippen LogP contribution in [0.4, 0.5) is 10.2 Å². The molecule has 6 aliphatic heterocycles. The Balaban J connectivity index is 0.816. The summed E-state index contributed by atoms with van der Waals surface area (Å²) < 4.78 is 30.0. The third-order valence-electron chi connectivity index (χ3n) is 14.4. The van der Waals surface area contributed by atoms with E-state index in [0.717, 1.165) is 50.0 Å². The van der Waals surface area contributed by atoms with Gasteiger partial charge in [-0.25, -0.2) is 4.39 Å². The van der Waals surface area contributed by atoms with Gasteiger partial charge in [-0.05, 0) is 93.1 Å². The lowest BCUT2D eigenvalue weighted by molar-refractivity contribution is -0.136. The van der Waals surface area contributed by atoms with Crippen molar-refractivity contribution >= 4 is 51.1 Å². The second kappa shape index (κ2) is 16.2. The van der Waals surface area contributed by atoms with Gasteiger partial charge in [-0.15, -0.1) is 6.42 Å². The number of piperazine rings is 1. The highest BCUT2D eigenvalue weighted by atomic mass is 19.1. The number of terminal acetylenes is 1. The molecule has 2 aromatic heterocycles. The van der Waals surface area contributed by atoms with Crippen LogP contribution < -0.4 is 20.3 Å². The van der Waals surface area contributed by atoms with E-state index in [9.17, 15) is 24.3 Å². The van der Waals surface area contributed by atoms with Gasteiger partial charge in [0, 0.05) is 60.3 Å². The Labute approximate surface area is 373 Å². The van der Waals surface area contributed by atoms with Crippen LogP contribution in [0.3, 0.4) is 0 Å². The zero-order chi connectivity index (χ0) is 44.6. The minimum atomic E-state index is -1.03. The number of imide groups is 2. The van der Waals surface area contributed by atoms with Crippen LogP contribution in [0.1, 0.15) is 83.2 Å². The number of phenolic OH excluding ortho intramolecular Hbond substituents is 1. The van der Waals surface area contributed by atoms with Gasteiger partial charge in [0.1, 0.15) is 35.4 Å². The largest absolute Gasteiger partial charge is 0.508 e. The summed E-state index contributed by atoms with van der Waals surface area (Å²) in [5.74, 6) is 0.451. The van der Waals surface area contributed by atoms with E-state index in [-0.39, 0.29) is 58.5 Å². The molecule has 5 fully saturated rings. The summed E-state index contributed by atoms with van der Waals surface area (Å²) in [6.45, 7) is 3.35. The van der Waals surface area contributed by atoms with Crippen molar-refractivity contribution in [3.63, 3.8) is 0 Å². The van der Waals surface area contributed by atoms with Crippen LogP contribution in [0.25, 0.3) is 32.9 Å². The van der Waals surface area contributed by atoms with Crippen molar-refractivity contribution in [3.05, 3.63) is 82.8 Å². The molecule has 3 aromatic carbocycles. The fraction of sp³-hybridized carbons (Fsp3) is 0.408. The summed E-state index contributed by atoms with van der Waals surface area (Å²) >= 11 is 0. The predicted molar refractivity (Wildman–Crippen MR) is 237 cm³/mol. The Morgan fingerprint density at radius 1 is 0.969 bits per heavy atom. The molecule has 2 unspecified atom stereocenters. The molecule has 5 atom stereocenters. The van der Waals surface area contributed by atoms with E-state index >= 15 is 4.39 Å². The number of nitrogens with zero attached hydrogens (tertiary/aromatic N) is 6. The zero-order valence-electron chi connectivity index (χ0n) is 35.6. The van der Waals surface area contributed by atoms with Crippen LogP contribution in [-0.2, 0) is 20.7 Å². The van der Waals surface area contributed by atoms with Gasteiger partial charge >= 0.3 is 6.01 Å². The maximum Gasteiger partial charge on any atom is 0.319 e. The van der Waals surface area contributed by atoms with Gasteiger partial charge in [-0.3, -0.25) is 39.3 Å². The number of phenols is 1. The molecule has 8 heterocycles. The summed E-state index contributed by atoms with van der Waals surface area (Å²) in [4.78, 5) is 71.3. The van der Waals surface area contributed by atoms with E-state index in [1.54, 1.807) is 42.6 Å². The monoisotopic (exact) mass is 878 g/mol. The first-order valence-corrected chi connectivity index (χ1v) is 22.5. The molecule has 2 bridgehead atoms. The van der Waals surface area contributed by atoms with Crippen LogP contribution in [0.5, 0.6) is 11.8 Å². The fourth-order valence-electron chi connectivity index (χ4n) is 11.4. The smallest absolute Gasteiger partial charge is 0.319 e. The minimum Gasteiger partial charge on any atom is -0.508 e. The van der Waals surface area contributed by atoms with Gasteiger partial charge in [0.05, 0.1) is 35.3 Å². The number of piperidine rings is 1. The fourth-order valence-corrected chi connectivity index (χ4v) is 11.4. The topological polar surface area (TPSA) is 179 Å². The second-order valence-electron chi connectivity index (χ2n) is 18.2. The third-order valence-corrected chi connectivity index (χ3v) is 14.4. The van der Waals surface area contributed by atoms with E-state index in [1.165, 1.54) is 6.07 Å². The number of carbonyl (C=O) groups is 4. The first kappa shape index (κ1) is 41.2. The van der Waals surface area contributed by atoms with Crippen LogP contribution in [0.15, 0.2) is 54.7 Å². The molecule has 3 N–H and O–H groups in total. The highest BCUT2D eigenvalue weighted by Gasteiger charge is 2.50. The molecular formula is C49H47FN8O7. The highest BCUT2D eigenvalue weighted by Crippen LogP contribution is 2.44. The van der Waals surface area contributed by atoms with Crippen LogP contribution in [0, 0.1) is 18.2 Å². The molecular weight excluding hydrogens is 832 g/mol. The number of rotatable bonds is 11. The molecule has 332 valence electrons. The molecule has 6 aliphatic rings.